The molecule has 1 amide bonds. The second-order valence-electron chi connectivity index (χ2n) is 5.29. The van der Waals surface area contributed by atoms with Crippen LogP contribution in [-0.2, 0) is 4.79 Å². The molecule has 4 nitrogen and oxygen atoms in total. The summed E-state index contributed by atoms with van der Waals surface area (Å²) in [6.07, 6.45) is 3.09. The average Bonchev–Trinajstić information content (AvgIpc) is 2.46. The van der Waals surface area contributed by atoms with Crippen molar-refractivity contribution in [3.05, 3.63) is 28.5 Å². The van der Waals surface area contributed by atoms with Gasteiger partial charge in [-0.05, 0) is 47.0 Å². The van der Waals surface area contributed by atoms with Gasteiger partial charge in [0.15, 0.2) is 6.61 Å². The zero-order chi connectivity index (χ0) is 15.4. The molecule has 21 heavy (non-hydrogen) atoms. The van der Waals surface area contributed by atoms with E-state index >= 15 is 0 Å². The number of carbonyl (C=O) groups is 1. The monoisotopic (exact) mass is 359 g/mol. The molecule has 1 saturated carbocycles. The summed E-state index contributed by atoms with van der Waals surface area (Å²) in [5, 5.41) is 9.96. The van der Waals surface area contributed by atoms with E-state index in [1.54, 1.807) is 11.9 Å². The number of amides is 1. The maximum atomic E-state index is 13.0. The minimum absolute atomic E-state index is 0.135. The molecule has 1 fully saturated rings. The van der Waals surface area contributed by atoms with Gasteiger partial charge >= 0.3 is 0 Å². The van der Waals surface area contributed by atoms with Gasteiger partial charge in [0.1, 0.15) is 11.6 Å². The van der Waals surface area contributed by atoms with Crippen LogP contribution in [0.1, 0.15) is 25.7 Å². The third-order valence-electron chi connectivity index (χ3n) is 3.83. The van der Waals surface area contributed by atoms with Crippen LogP contribution in [0.3, 0.4) is 0 Å². The number of nitrogens with zero attached hydrogens (tertiary/aromatic N) is 1. The summed E-state index contributed by atoms with van der Waals surface area (Å²) in [6.45, 7) is -0.135. The minimum atomic E-state index is -0.467. The van der Waals surface area contributed by atoms with Crippen molar-refractivity contribution >= 4 is 21.8 Å². The first kappa shape index (κ1) is 16.2. The van der Waals surface area contributed by atoms with E-state index in [1.165, 1.54) is 18.2 Å². The summed E-state index contributed by atoms with van der Waals surface area (Å²) in [5.74, 6) is -0.150. The summed E-state index contributed by atoms with van der Waals surface area (Å²) >= 11 is 3.19. The first-order valence-corrected chi connectivity index (χ1v) is 7.80. The molecule has 1 aromatic rings. The Balaban J connectivity index is 1.91. The topological polar surface area (TPSA) is 49.8 Å². The second kappa shape index (κ2) is 7.22. The van der Waals surface area contributed by atoms with Crippen molar-refractivity contribution in [2.75, 3.05) is 13.7 Å². The number of aliphatic hydroxyl groups excluding tert-OH is 1. The number of hydrogen-bond donors (Lipinski definition) is 1. The zero-order valence-corrected chi connectivity index (χ0v) is 13.5. The SMILES string of the molecule is CN(C(=O)COc1ccc(F)cc1Br)C1CCCCC1O. The van der Waals surface area contributed by atoms with Crippen LogP contribution in [-0.4, -0.2) is 41.7 Å². The smallest absolute Gasteiger partial charge is 0.260 e. The van der Waals surface area contributed by atoms with Crippen LogP contribution in [0.4, 0.5) is 4.39 Å². The van der Waals surface area contributed by atoms with Gasteiger partial charge in [0.2, 0.25) is 0 Å². The molecule has 0 saturated heterocycles. The summed E-state index contributed by atoms with van der Waals surface area (Å²) < 4.78 is 18.9. The van der Waals surface area contributed by atoms with Crippen molar-refractivity contribution in [3.8, 4) is 5.75 Å². The zero-order valence-electron chi connectivity index (χ0n) is 11.9. The lowest BCUT2D eigenvalue weighted by Gasteiger charge is -2.35. The van der Waals surface area contributed by atoms with Crippen LogP contribution < -0.4 is 4.74 Å². The highest BCUT2D eigenvalue weighted by atomic mass is 79.9. The molecule has 1 aliphatic carbocycles. The van der Waals surface area contributed by atoms with Gasteiger partial charge in [-0.2, -0.15) is 0 Å². The average molecular weight is 360 g/mol. The fraction of sp³-hybridized carbons (Fsp3) is 0.533. The van der Waals surface area contributed by atoms with Crippen LogP contribution >= 0.6 is 15.9 Å². The van der Waals surface area contributed by atoms with Crippen molar-refractivity contribution < 1.29 is 19.0 Å². The van der Waals surface area contributed by atoms with Crippen LogP contribution in [0.25, 0.3) is 0 Å². The highest BCUT2D eigenvalue weighted by Crippen LogP contribution is 2.26. The molecule has 1 N–H and O–H groups in total. The lowest BCUT2D eigenvalue weighted by Crippen LogP contribution is -2.47. The number of benzene rings is 1. The van der Waals surface area contributed by atoms with Gasteiger partial charge in [-0.1, -0.05) is 12.8 Å². The quantitative estimate of drug-likeness (QED) is 0.898. The summed E-state index contributed by atoms with van der Waals surface area (Å²) in [7, 11) is 1.69. The van der Waals surface area contributed by atoms with E-state index in [2.05, 4.69) is 15.9 Å². The van der Waals surface area contributed by atoms with Gasteiger partial charge in [-0.25, -0.2) is 4.39 Å². The standard InChI is InChI=1S/C15H19BrFNO3/c1-18(12-4-2-3-5-13(12)19)15(20)9-21-14-7-6-10(17)8-11(14)16/h6-8,12-13,19H,2-5,9H2,1H3. The molecule has 0 radical (unpaired) electrons. The van der Waals surface area contributed by atoms with Gasteiger partial charge in [-0.15, -0.1) is 0 Å². The van der Waals surface area contributed by atoms with Gasteiger partial charge in [-0.3, -0.25) is 4.79 Å². The molecule has 0 bridgehead atoms. The lowest BCUT2D eigenvalue weighted by atomic mass is 9.91. The molecule has 6 heteroatoms. The first-order chi connectivity index (χ1) is 9.99. The number of rotatable bonds is 4. The molecule has 0 aliphatic heterocycles. The Hall–Kier alpha value is -1.14. The van der Waals surface area contributed by atoms with Crippen molar-refractivity contribution in [1.29, 1.82) is 0 Å². The molecular formula is C15H19BrFNO3. The van der Waals surface area contributed by atoms with Crippen molar-refractivity contribution in [3.63, 3.8) is 0 Å². The van der Waals surface area contributed by atoms with Crippen molar-refractivity contribution in [2.45, 2.75) is 37.8 Å². The number of likely N-dealkylation sites (N-methyl/N-ethyl adjacent to an activating group) is 1. The largest absolute Gasteiger partial charge is 0.483 e. The predicted molar refractivity (Wildman–Crippen MR) is 80.6 cm³/mol. The lowest BCUT2D eigenvalue weighted by molar-refractivity contribution is -0.137. The Labute approximate surface area is 132 Å². The minimum Gasteiger partial charge on any atom is -0.483 e. The number of ether oxygens (including phenoxy) is 1. The molecular weight excluding hydrogens is 341 g/mol. The van der Waals surface area contributed by atoms with Crippen LogP contribution in [0.5, 0.6) is 5.75 Å². The number of aliphatic hydroxyl groups is 1. The fourth-order valence-electron chi connectivity index (χ4n) is 2.56. The molecule has 0 aromatic heterocycles. The third kappa shape index (κ3) is 4.17. The Morgan fingerprint density at radius 3 is 2.86 bits per heavy atom. The molecule has 2 unspecified atom stereocenters. The molecule has 0 heterocycles. The first-order valence-electron chi connectivity index (χ1n) is 7.00. The molecule has 0 spiro atoms. The Bertz CT molecular complexity index is 512. The third-order valence-corrected chi connectivity index (χ3v) is 4.45. The Morgan fingerprint density at radius 2 is 2.19 bits per heavy atom. The maximum Gasteiger partial charge on any atom is 0.260 e. The molecule has 1 aromatic carbocycles. The summed E-state index contributed by atoms with van der Waals surface area (Å²) in [4.78, 5) is 13.7. The van der Waals surface area contributed by atoms with E-state index in [0.29, 0.717) is 10.2 Å². The van der Waals surface area contributed by atoms with E-state index in [9.17, 15) is 14.3 Å². The van der Waals surface area contributed by atoms with Crippen LogP contribution in [0, 0.1) is 5.82 Å². The van der Waals surface area contributed by atoms with Gasteiger partial charge in [0, 0.05) is 7.05 Å². The maximum absolute atomic E-state index is 13.0. The number of carbonyl (C=O) groups excluding carboxylic acids is 1. The van der Waals surface area contributed by atoms with E-state index in [-0.39, 0.29) is 24.4 Å². The molecule has 2 rings (SSSR count). The molecule has 2 atom stereocenters. The number of hydrogen-bond acceptors (Lipinski definition) is 3. The predicted octanol–water partition coefficient (Wildman–Crippen LogP) is 2.73. The summed E-state index contributed by atoms with van der Waals surface area (Å²) in [5.41, 5.74) is 0. The van der Waals surface area contributed by atoms with E-state index in [4.69, 9.17) is 4.74 Å². The van der Waals surface area contributed by atoms with E-state index in [0.717, 1.165) is 25.7 Å². The van der Waals surface area contributed by atoms with Gasteiger partial charge in [0.05, 0.1) is 16.6 Å². The normalized spacial score (nSPS) is 21.9. The molecule has 116 valence electrons. The van der Waals surface area contributed by atoms with Crippen molar-refractivity contribution in [2.24, 2.45) is 0 Å². The number of halogens is 2. The van der Waals surface area contributed by atoms with Gasteiger partial charge < -0.3 is 14.7 Å². The summed E-state index contributed by atoms with van der Waals surface area (Å²) in [6, 6.07) is 3.89. The highest BCUT2D eigenvalue weighted by Gasteiger charge is 2.29. The Morgan fingerprint density at radius 1 is 1.48 bits per heavy atom. The van der Waals surface area contributed by atoms with Crippen LogP contribution in [0.2, 0.25) is 0 Å². The highest BCUT2D eigenvalue weighted by molar-refractivity contribution is 9.10. The van der Waals surface area contributed by atoms with Crippen molar-refractivity contribution in [1.82, 2.24) is 4.90 Å². The van der Waals surface area contributed by atoms with E-state index in [1.807, 2.05) is 0 Å². The van der Waals surface area contributed by atoms with Gasteiger partial charge in [0.25, 0.3) is 5.91 Å². The molecule has 1 aliphatic rings. The fourth-order valence-corrected chi connectivity index (χ4v) is 3.03. The Kier molecular flexibility index (Phi) is 5.58. The van der Waals surface area contributed by atoms with Crippen LogP contribution in [0.15, 0.2) is 22.7 Å². The van der Waals surface area contributed by atoms with E-state index < -0.39 is 6.10 Å². The second-order valence-corrected chi connectivity index (χ2v) is 6.14.